The van der Waals surface area contributed by atoms with E-state index in [1.807, 2.05) is 6.08 Å². The van der Waals surface area contributed by atoms with Crippen molar-refractivity contribution < 1.29 is 5.11 Å². The molecular weight excluding hydrogens is 270 g/mol. The van der Waals surface area contributed by atoms with E-state index < -0.39 is 6.10 Å². The number of aliphatic hydroxyl groups excluding tert-OH is 1. The summed E-state index contributed by atoms with van der Waals surface area (Å²) >= 11 is 0. The number of H-pyrrole nitrogens is 1. The Bertz CT molecular complexity index is 823. The van der Waals surface area contributed by atoms with Crippen molar-refractivity contribution in [1.82, 2.24) is 4.98 Å². The summed E-state index contributed by atoms with van der Waals surface area (Å²) in [5.41, 5.74) is 5.94. The molecule has 0 amide bonds. The molecule has 4 rings (SSSR count). The minimum absolute atomic E-state index is 0.0342. The van der Waals surface area contributed by atoms with Crippen LogP contribution in [0.2, 0.25) is 0 Å². The predicted octanol–water partition coefficient (Wildman–Crippen LogP) is 4.56. The second-order valence-corrected chi connectivity index (χ2v) is 7.56. The molecule has 2 N–H and O–H groups in total. The minimum Gasteiger partial charge on any atom is -0.387 e. The third kappa shape index (κ3) is 1.49. The van der Waals surface area contributed by atoms with Crippen molar-refractivity contribution in [2.24, 2.45) is 5.41 Å². The molecule has 2 heteroatoms. The van der Waals surface area contributed by atoms with Crippen molar-refractivity contribution >= 4 is 16.5 Å². The normalized spacial score (nSPS) is 29.5. The van der Waals surface area contributed by atoms with E-state index in [4.69, 9.17) is 0 Å². The Kier molecular flexibility index (Phi) is 2.60. The Labute approximate surface area is 131 Å². The van der Waals surface area contributed by atoms with Gasteiger partial charge in [0.1, 0.15) is 0 Å². The van der Waals surface area contributed by atoms with Crippen molar-refractivity contribution in [2.75, 3.05) is 0 Å². The molecule has 0 radical (unpaired) electrons. The summed E-state index contributed by atoms with van der Waals surface area (Å²) in [5.74, 6) is 0. The summed E-state index contributed by atoms with van der Waals surface area (Å²) in [7, 11) is 0. The topological polar surface area (TPSA) is 36.0 Å². The van der Waals surface area contributed by atoms with Crippen LogP contribution in [0.25, 0.3) is 16.5 Å². The molecule has 1 heterocycles. The molecule has 0 aliphatic heterocycles. The molecule has 114 valence electrons. The van der Waals surface area contributed by atoms with E-state index in [0.29, 0.717) is 0 Å². The number of fused-ring (bicyclic) bond motifs is 1. The lowest BCUT2D eigenvalue weighted by Crippen LogP contribution is -2.40. The van der Waals surface area contributed by atoms with E-state index in [1.165, 1.54) is 22.1 Å². The third-order valence-electron chi connectivity index (χ3n) is 6.03. The van der Waals surface area contributed by atoms with E-state index >= 15 is 0 Å². The van der Waals surface area contributed by atoms with Crippen LogP contribution in [0.4, 0.5) is 0 Å². The van der Waals surface area contributed by atoms with E-state index in [9.17, 15) is 5.11 Å². The summed E-state index contributed by atoms with van der Waals surface area (Å²) in [5, 5.41) is 12.4. The van der Waals surface area contributed by atoms with Crippen LogP contribution in [-0.4, -0.2) is 16.2 Å². The van der Waals surface area contributed by atoms with Crippen molar-refractivity contribution in [3.63, 3.8) is 0 Å². The lowest BCUT2D eigenvalue weighted by atomic mass is 9.60. The van der Waals surface area contributed by atoms with Crippen LogP contribution in [0.3, 0.4) is 0 Å². The number of allylic oxidation sites excluding steroid dienone is 1. The Morgan fingerprint density at radius 1 is 1.32 bits per heavy atom. The van der Waals surface area contributed by atoms with Gasteiger partial charge in [-0.3, -0.25) is 0 Å². The molecule has 0 saturated heterocycles. The highest BCUT2D eigenvalue weighted by molar-refractivity contribution is 6.00. The minimum atomic E-state index is -0.486. The fraction of sp³-hybridized carbons (Fsp3) is 0.400. The third-order valence-corrected chi connectivity index (χ3v) is 6.03. The zero-order valence-corrected chi connectivity index (χ0v) is 13.5. The van der Waals surface area contributed by atoms with Gasteiger partial charge >= 0.3 is 0 Å². The largest absolute Gasteiger partial charge is 0.387 e. The fourth-order valence-electron chi connectivity index (χ4n) is 4.41. The molecule has 2 atom stereocenters. The Balaban J connectivity index is 2.08. The van der Waals surface area contributed by atoms with Gasteiger partial charge in [-0.1, -0.05) is 44.6 Å². The lowest BCUT2D eigenvalue weighted by molar-refractivity contribution is 0.105. The molecule has 2 aromatic rings. The molecule has 22 heavy (non-hydrogen) atoms. The first-order valence-corrected chi connectivity index (χ1v) is 8.06. The van der Waals surface area contributed by atoms with E-state index in [1.54, 1.807) is 0 Å². The summed E-state index contributed by atoms with van der Waals surface area (Å²) in [4.78, 5) is 3.39. The molecule has 1 aromatic carbocycles. The van der Waals surface area contributed by atoms with Crippen LogP contribution in [0.5, 0.6) is 0 Å². The summed E-state index contributed by atoms with van der Waals surface area (Å²) in [6.45, 7) is 10.7. The van der Waals surface area contributed by atoms with E-state index in [2.05, 4.69) is 56.7 Å². The second kappa shape index (κ2) is 4.14. The number of benzene rings is 1. The summed E-state index contributed by atoms with van der Waals surface area (Å²) in [6, 6.07) is 6.47. The smallest absolute Gasteiger partial charge is 0.0884 e. The number of nitrogens with one attached hydrogen (secondary N) is 1. The number of aromatic amines is 1. The molecule has 2 aliphatic carbocycles. The van der Waals surface area contributed by atoms with Gasteiger partial charge < -0.3 is 10.1 Å². The van der Waals surface area contributed by atoms with Crippen LogP contribution in [0.15, 0.2) is 42.6 Å². The number of hydrogen-bond acceptors (Lipinski definition) is 1. The predicted molar refractivity (Wildman–Crippen MR) is 91.8 cm³/mol. The highest BCUT2D eigenvalue weighted by Gasteiger charge is 2.45. The average Bonchev–Trinajstić information content (AvgIpc) is 2.92. The second-order valence-electron chi connectivity index (χ2n) is 7.56. The zero-order chi connectivity index (χ0) is 15.7. The Hall–Kier alpha value is -1.80. The molecule has 0 spiro atoms. The monoisotopic (exact) mass is 293 g/mol. The zero-order valence-electron chi connectivity index (χ0n) is 13.5. The van der Waals surface area contributed by atoms with Crippen LogP contribution in [0, 0.1) is 5.41 Å². The lowest BCUT2D eigenvalue weighted by Gasteiger charge is -2.46. The SMILES string of the molecule is C=CC1(C)CCC2=C(c3c[nH]c4cccc(c34)C2(C)C)C1O. The van der Waals surface area contributed by atoms with Crippen molar-refractivity contribution in [2.45, 2.75) is 45.1 Å². The molecule has 1 aromatic heterocycles. The molecule has 2 nitrogen and oxygen atoms in total. The Morgan fingerprint density at radius 2 is 2.09 bits per heavy atom. The molecule has 0 bridgehead atoms. The molecule has 2 unspecified atom stereocenters. The number of hydrogen-bond donors (Lipinski definition) is 2. The van der Waals surface area contributed by atoms with Crippen molar-refractivity contribution in [1.29, 1.82) is 0 Å². The van der Waals surface area contributed by atoms with Gasteiger partial charge in [-0.15, -0.1) is 6.58 Å². The summed E-state index contributed by atoms with van der Waals surface area (Å²) < 4.78 is 0. The van der Waals surface area contributed by atoms with Crippen molar-refractivity contribution in [3.8, 4) is 0 Å². The van der Waals surface area contributed by atoms with Crippen LogP contribution in [-0.2, 0) is 5.41 Å². The maximum atomic E-state index is 11.1. The molecular formula is C20H23NO. The first kappa shape index (κ1) is 13.8. The Morgan fingerprint density at radius 3 is 2.82 bits per heavy atom. The maximum Gasteiger partial charge on any atom is 0.0884 e. The van der Waals surface area contributed by atoms with Crippen LogP contribution >= 0.6 is 0 Å². The molecule has 0 saturated carbocycles. The number of aliphatic hydroxyl groups is 1. The van der Waals surface area contributed by atoms with Crippen molar-refractivity contribution in [3.05, 3.63) is 53.8 Å². The van der Waals surface area contributed by atoms with Gasteiger partial charge in [-0.2, -0.15) is 0 Å². The van der Waals surface area contributed by atoms with Crippen LogP contribution < -0.4 is 0 Å². The van der Waals surface area contributed by atoms with Gasteiger partial charge in [0.05, 0.1) is 6.10 Å². The van der Waals surface area contributed by atoms with Gasteiger partial charge in [0.25, 0.3) is 0 Å². The highest BCUT2D eigenvalue weighted by Crippen LogP contribution is 2.55. The molecule has 2 aliphatic rings. The number of rotatable bonds is 1. The fourth-order valence-corrected chi connectivity index (χ4v) is 4.41. The maximum absolute atomic E-state index is 11.1. The first-order valence-electron chi connectivity index (χ1n) is 8.06. The van der Waals surface area contributed by atoms with Gasteiger partial charge in [-0.25, -0.2) is 0 Å². The quantitative estimate of drug-likeness (QED) is 0.743. The van der Waals surface area contributed by atoms with Gasteiger partial charge in [-0.05, 0) is 30.0 Å². The van der Waals surface area contributed by atoms with Gasteiger partial charge in [0.2, 0.25) is 0 Å². The summed E-state index contributed by atoms with van der Waals surface area (Å²) in [6.07, 6.45) is 5.48. The van der Waals surface area contributed by atoms with Gasteiger partial charge in [0, 0.05) is 33.5 Å². The van der Waals surface area contributed by atoms with E-state index in [-0.39, 0.29) is 10.8 Å². The highest BCUT2D eigenvalue weighted by atomic mass is 16.3. The number of aromatic nitrogens is 1. The van der Waals surface area contributed by atoms with E-state index in [0.717, 1.165) is 23.9 Å². The van der Waals surface area contributed by atoms with Gasteiger partial charge in [0.15, 0.2) is 0 Å². The first-order chi connectivity index (χ1) is 10.4. The standard InChI is InChI=1S/C20H23NO/c1-5-20(4)10-9-14-17(18(20)22)12-11-21-15-8-6-7-13(16(12)15)19(14,2)3/h5-8,11,18,21-22H,1,9-10H2,2-4H3. The molecule has 0 fully saturated rings. The average molecular weight is 293 g/mol. The van der Waals surface area contributed by atoms with Crippen LogP contribution in [0.1, 0.15) is 44.7 Å².